The van der Waals surface area contributed by atoms with E-state index in [-0.39, 0.29) is 46.0 Å². The van der Waals surface area contributed by atoms with E-state index in [1.54, 1.807) is 0 Å². The number of phenols is 2. The summed E-state index contributed by atoms with van der Waals surface area (Å²) in [7, 11) is 2.39. The molecule has 0 aromatic heterocycles. The topological polar surface area (TPSA) is 146 Å². The SMILES string of the molecule is COC(=O)c1ccc(O)cc1C(=O)OC.O=C(OC1CCCCC1)c1ccc(O)cc1C(=O)OC1CCCCC1. The molecule has 0 radical (unpaired) electrons. The van der Waals surface area contributed by atoms with Gasteiger partial charge < -0.3 is 29.2 Å². The maximum absolute atomic E-state index is 12.5. The average Bonchev–Trinajstić information content (AvgIpc) is 2.97. The lowest BCUT2D eigenvalue weighted by molar-refractivity contribution is 0.0163. The van der Waals surface area contributed by atoms with Crippen LogP contribution in [-0.2, 0) is 18.9 Å². The molecule has 0 unspecified atom stereocenters. The van der Waals surface area contributed by atoms with Crippen molar-refractivity contribution in [1.82, 2.24) is 0 Å². The van der Waals surface area contributed by atoms with Gasteiger partial charge in [0.2, 0.25) is 0 Å². The molecule has 2 aromatic carbocycles. The van der Waals surface area contributed by atoms with E-state index in [1.165, 1.54) is 57.4 Å². The lowest BCUT2D eigenvalue weighted by Gasteiger charge is -2.23. The van der Waals surface area contributed by atoms with Gasteiger partial charge in [-0.05, 0) is 87.8 Å². The second-order valence-electron chi connectivity index (χ2n) is 9.77. The molecule has 2 aliphatic rings. The van der Waals surface area contributed by atoms with Crippen LogP contribution in [0.1, 0.15) is 106 Å². The second kappa shape index (κ2) is 14.9. The van der Waals surface area contributed by atoms with Gasteiger partial charge in [-0.15, -0.1) is 0 Å². The summed E-state index contributed by atoms with van der Waals surface area (Å²) in [6, 6.07) is 7.87. The zero-order valence-corrected chi connectivity index (χ0v) is 22.9. The largest absolute Gasteiger partial charge is 0.508 e. The van der Waals surface area contributed by atoms with Crippen molar-refractivity contribution in [2.24, 2.45) is 0 Å². The van der Waals surface area contributed by atoms with Gasteiger partial charge in [-0.3, -0.25) is 0 Å². The fourth-order valence-electron chi connectivity index (χ4n) is 4.77. The number of aromatic hydroxyl groups is 2. The summed E-state index contributed by atoms with van der Waals surface area (Å²) in [4.78, 5) is 47.6. The number of esters is 4. The quantitative estimate of drug-likeness (QED) is 0.353. The number of carbonyl (C=O) groups is 4. The first-order valence-electron chi connectivity index (χ1n) is 13.5. The van der Waals surface area contributed by atoms with Crippen molar-refractivity contribution in [1.29, 1.82) is 0 Å². The van der Waals surface area contributed by atoms with Crippen LogP contribution in [0.3, 0.4) is 0 Å². The Labute approximate surface area is 233 Å². The summed E-state index contributed by atoms with van der Waals surface area (Å²) in [5, 5.41) is 18.9. The minimum Gasteiger partial charge on any atom is -0.508 e. The monoisotopic (exact) mass is 556 g/mol. The Bertz CT molecular complexity index is 1190. The molecule has 4 rings (SSSR count). The Morgan fingerprint density at radius 1 is 0.550 bits per heavy atom. The summed E-state index contributed by atoms with van der Waals surface area (Å²) in [6.45, 7) is 0. The van der Waals surface area contributed by atoms with Gasteiger partial charge >= 0.3 is 23.9 Å². The molecule has 2 N–H and O–H groups in total. The molecule has 2 saturated carbocycles. The van der Waals surface area contributed by atoms with Gasteiger partial charge in [-0.1, -0.05) is 12.8 Å². The van der Waals surface area contributed by atoms with Crippen molar-refractivity contribution in [2.75, 3.05) is 14.2 Å². The fourth-order valence-corrected chi connectivity index (χ4v) is 4.77. The van der Waals surface area contributed by atoms with Crippen molar-refractivity contribution in [3.8, 4) is 11.5 Å². The fraction of sp³-hybridized carbons (Fsp3) is 0.467. The summed E-state index contributed by atoms with van der Waals surface area (Å²) in [5.41, 5.74) is 0.294. The number of ether oxygens (including phenoxy) is 4. The molecule has 0 amide bonds. The van der Waals surface area contributed by atoms with Crippen molar-refractivity contribution in [3.63, 3.8) is 0 Å². The highest BCUT2D eigenvalue weighted by molar-refractivity contribution is 6.04. The van der Waals surface area contributed by atoms with Gasteiger partial charge in [0.05, 0.1) is 36.5 Å². The lowest BCUT2D eigenvalue weighted by Crippen LogP contribution is -2.25. The molecule has 10 nitrogen and oxygen atoms in total. The minimum absolute atomic E-state index is 0.0237. The highest BCUT2D eigenvalue weighted by atomic mass is 16.6. The Kier molecular flexibility index (Phi) is 11.4. The Hall–Kier alpha value is -4.08. The number of hydrogen-bond donors (Lipinski definition) is 2. The third-order valence-corrected chi connectivity index (χ3v) is 6.91. The smallest absolute Gasteiger partial charge is 0.339 e. The zero-order valence-electron chi connectivity index (χ0n) is 22.9. The van der Waals surface area contributed by atoms with Gasteiger partial charge in [-0.2, -0.15) is 0 Å². The molecule has 40 heavy (non-hydrogen) atoms. The molecule has 10 heteroatoms. The summed E-state index contributed by atoms with van der Waals surface area (Å²) in [6.07, 6.45) is 9.81. The summed E-state index contributed by atoms with van der Waals surface area (Å²) >= 11 is 0. The molecule has 2 aliphatic carbocycles. The predicted molar refractivity (Wildman–Crippen MR) is 143 cm³/mol. The predicted octanol–water partition coefficient (Wildman–Crippen LogP) is 5.34. The minimum atomic E-state index is -0.702. The van der Waals surface area contributed by atoms with E-state index in [0.29, 0.717) is 0 Å². The number of phenolic OH excluding ortho intramolecular Hbond substituents is 2. The second-order valence-corrected chi connectivity index (χ2v) is 9.77. The lowest BCUT2D eigenvalue weighted by atomic mass is 9.97. The van der Waals surface area contributed by atoms with Crippen molar-refractivity contribution in [3.05, 3.63) is 58.7 Å². The number of methoxy groups -OCH3 is 2. The van der Waals surface area contributed by atoms with Crippen molar-refractivity contribution in [2.45, 2.75) is 76.4 Å². The normalized spacial score (nSPS) is 15.7. The van der Waals surface area contributed by atoms with Crippen LogP contribution >= 0.6 is 0 Å². The van der Waals surface area contributed by atoms with Crippen LogP contribution in [0.25, 0.3) is 0 Å². The summed E-state index contributed by atoms with van der Waals surface area (Å²) < 4.78 is 20.1. The van der Waals surface area contributed by atoms with Gasteiger partial charge in [-0.25, -0.2) is 19.2 Å². The molecule has 2 aromatic rings. The number of carbonyl (C=O) groups excluding carboxylic acids is 4. The van der Waals surface area contributed by atoms with Gasteiger partial charge in [0.15, 0.2) is 0 Å². The maximum atomic E-state index is 12.5. The summed E-state index contributed by atoms with van der Waals surface area (Å²) in [5.74, 6) is -2.62. The molecule has 0 aliphatic heterocycles. The number of rotatable bonds is 6. The van der Waals surface area contributed by atoms with E-state index in [0.717, 1.165) is 57.4 Å². The van der Waals surface area contributed by atoms with E-state index in [4.69, 9.17) is 9.47 Å². The van der Waals surface area contributed by atoms with E-state index in [9.17, 15) is 29.4 Å². The highest BCUT2D eigenvalue weighted by Crippen LogP contribution is 2.26. The molecule has 0 bridgehead atoms. The first-order chi connectivity index (χ1) is 19.2. The van der Waals surface area contributed by atoms with Crippen LogP contribution in [0.2, 0.25) is 0 Å². The Morgan fingerprint density at radius 2 is 0.900 bits per heavy atom. The molecular formula is C30H36O10. The third-order valence-electron chi connectivity index (χ3n) is 6.91. The van der Waals surface area contributed by atoms with Gasteiger partial charge in [0.1, 0.15) is 23.7 Å². The van der Waals surface area contributed by atoms with E-state index < -0.39 is 23.9 Å². The van der Waals surface area contributed by atoms with Crippen LogP contribution in [0.5, 0.6) is 11.5 Å². The van der Waals surface area contributed by atoms with E-state index >= 15 is 0 Å². The van der Waals surface area contributed by atoms with E-state index in [1.807, 2.05) is 0 Å². The first kappa shape index (κ1) is 30.5. The van der Waals surface area contributed by atoms with Gasteiger partial charge in [0.25, 0.3) is 0 Å². The third kappa shape index (κ3) is 8.46. The molecule has 216 valence electrons. The Morgan fingerprint density at radius 3 is 1.32 bits per heavy atom. The first-order valence-corrected chi connectivity index (χ1v) is 13.5. The number of hydrogen-bond acceptors (Lipinski definition) is 10. The maximum Gasteiger partial charge on any atom is 0.339 e. The van der Waals surface area contributed by atoms with Crippen LogP contribution < -0.4 is 0 Å². The van der Waals surface area contributed by atoms with Crippen LogP contribution in [0.4, 0.5) is 0 Å². The highest BCUT2D eigenvalue weighted by Gasteiger charge is 2.26. The molecule has 0 saturated heterocycles. The van der Waals surface area contributed by atoms with E-state index in [2.05, 4.69) is 9.47 Å². The van der Waals surface area contributed by atoms with Crippen LogP contribution in [-0.4, -0.2) is 60.5 Å². The van der Waals surface area contributed by atoms with Crippen LogP contribution in [0, 0.1) is 0 Å². The molecule has 0 spiro atoms. The standard InChI is InChI=1S/C20H26O5.C10H10O5/c21-14-11-12-17(19(22)24-15-7-3-1-4-8-15)18(13-14)20(23)25-16-9-5-2-6-10-16;1-14-9(12)7-4-3-6(11)5-8(7)10(13)15-2/h11-13,15-16,21H,1-10H2;3-5,11H,1-2H3. The van der Waals surface area contributed by atoms with Crippen molar-refractivity contribution < 1.29 is 48.3 Å². The Balaban J connectivity index is 0.000000252. The molecule has 0 heterocycles. The van der Waals surface area contributed by atoms with Gasteiger partial charge in [0, 0.05) is 0 Å². The number of benzene rings is 2. The molecular weight excluding hydrogens is 520 g/mol. The zero-order chi connectivity index (χ0) is 29.1. The average molecular weight is 557 g/mol. The molecule has 0 atom stereocenters. The van der Waals surface area contributed by atoms with Crippen LogP contribution in [0.15, 0.2) is 36.4 Å². The van der Waals surface area contributed by atoms with Crippen molar-refractivity contribution >= 4 is 23.9 Å². The molecule has 2 fully saturated rings.